The molecule has 168 valence electrons. The maximum atomic E-state index is 13.7. The number of carbonyl (C=O) groups is 2. The molecule has 1 aromatic rings. The third kappa shape index (κ3) is 3.79. The summed E-state index contributed by atoms with van der Waals surface area (Å²) < 4.78 is 12.5. The van der Waals surface area contributed by atoms with Gasteiger partial charge in [0.15, 0.2) is 11.6 Å². The average molecular weight is 433 g/mol. The second-order valence-electron chi connectivity index (χ2n) is 8.94. The van der Waals surface area contributed by atoms with Crippen LogP contribution in [0.2, 0.25) is 0 Å². The molecule has 0 amide bonds. The second-order valence-corrected chi connectivity index (χ2v) is 8.94. The standard InChI is InChI=1S/C28H32O4/c1-7-13-20-18-28(17-9-3)25(31-6)21(14-8-2)24(30)22(26(28)32-27(20,4)5)23(29)19-15-11-10-12-16-19/h7-12,15-16,20H,1-3,13-14,17-18H2,4-6H3. The lowest BCUT2D eigenvalue weighted by Crippen LogP contribution is -2.50. The zero-order valence-electron chi connectivity index (χ0n) is 19.3. The number of carbonyl (C=O) groups excluding carboxylic acids is 2. The van der Waals surface area contributed by atoms with Crippen LogP contribution in [0.25, 0.3) is 0 Å². The van der Waals surface area contributed by atoms with Crippen LogP contribution in [0.4, 0.5) is 0 Å². The first-order valence-electron chi connectivity index (χ1n) is 11.0. The summed E-state index contributed by atoms with van der Waals surface area (Å²) in [7, 11) is 1.57. The van der Waals surface area contributed by atoms with Gasteiger partial charge in [0.05, 0.1) is 12.5 Å². The molecule has 32 heavy (non-hydrogen) atoms. The number of allylic oxidation sites excluding steroid dienone is 5. The van der Waals surface area contributed by atoms with E-state index < -0.39 is 11.0 Å². The van der Waals surface area contributed by atoms with Gasteiger partial charge in [-0.3, -0.25) is 9.59 Å². The van der Waals surface area contributed by atoms with E-state index in [1.54, 1.807) is 43.5 Å². The highest BCUT2D eigenvalue weighted by molar-refractivity contribution is 6.32. The molecule has 0 saturated carbocycles. The molecule has 0 bridgehead atoms. The van der Waals surface area contributed by atoms with E-state index in [1.165, 1.54) is 0 Å². The normalized spacial score (nSPS) is 24.3. The van der Waals surface area contributed by atoms with Crippen LogP contribution in [0.3, 0.4) is 0 Å². The summed E-state index contributed by atoms with van der Waals surface area (Å²) in [6.07, 6.45) is 7.52. The van der Waals surface area contributed by atoms with Crippen molar-refractivity contribution in [3.05, 3.63) is 96.5 Å². The van der Waals surface area contributed by atoms with Crippen LogP contribution in [0.1, 0.15) is 49.9 Å². The number of hydrogen-bond acceptors (Lipinski definition) is 4. The number of ketones is 2. The van der Waals surface area contributed by atoms with Crippen molar-refractivity contribution in [1.29, 1.82) is 0 Å². The minimum absolute atomic E-state index is 0.0841. The van der Waals surface area contributed by atoms with Gasteiger partial charge in [0.25, 0.3) is 0 Å². The summed E-state index contributed by atoms with van der Waals surface area (Å²) in [6, 6.07) is 8.85. The highest BCUT2D eigenvalue weighted by Gasteiger charge is 2.57. The number of rotatable bonds is 9. The monoisotopic (exact) mass is 432 g/mol. The van der Waals surface area contributed by atoms with Gasteiger partial charge in [-0.1, -0.05) is 48.6 Å². The summed E-state index contributed by atoms with van der Waals surface area (Å²) in [5.41, 5.74) is -0.393. The van der Waals surface area contributed by atoms with Crippen molar-refractivity contribution in [3.8, 4) is 0 Å². The smallest absolute Gasteiger partial charge is 0.200 e. The Kier molecular flexibility index (Phi) is 6.73. The third-order valence-corrected chi connectivity index (χ3v) is 6.57. The first kappa shape index (κ1) is 23.5. The molecule has 1 saturated heterocycles. The van der Waals surface area contributed by atoms with Gasteiger partial charge in [-0.2, -0.15) is 0 Å². The van der Waals surface area contributed by atoms with Gasteiger partial charge >= 0.3 is 0 Å². The molecule has 1 aliphatic heterocycles. The number of Topliss-reactive ketones (excluding diaryl/α,β-unsaturated/α-hetero) is 2. The van der Waals surface area contributed by atoms with E-state index in [1.807, 2.05) is 26.0 Å². The zero-order chi connectivity index (χ0) is 23.5. The maximum Gasteiger partial charge on any atom is 0.200 e. The highest BCUT2D eigenvalue weighted by atomic mass is 16.5. The lowest BCUT2D eigenvalue weighted by atomic mass is 9.61. The molecule has 4 nitrogen and oxygen atoms in total. The van der Waals surface area contributed by atoms with Gasteiger partial charge in [-0.15, -0.1) is 19.7 Å². The van der Waals surface area contributed by atoms with Crippen molar-refractivity contribution in [1.82, 2.24) is 0 Å². The van der Waals surface area contributed by atoms with Gasteiger partial charge in [0.2, 0.25) is 0 Å². The number of hydrogen-bond donors (Lipinski definition) is 0. The molecule has 4 heteroatoms. The molecular formula is C28H32O4. The molecule has 0 aromatic heterocycles. The fourth-order valence-electron chi connectivity index (χ4n) is 5.01. The van der Waals surface area contributed by atoms with Crippen LogP contribution >= 0.6 is 0 Å². The first-order chi connectivity index (χ1) is 15.3. The van der Waals surface area contributed by atoms with Gasteiger partial charge in [-0.25, -0.2) is 0 Å². The summed E-state index contributed by atoms with van der Waals surface area (Å²) in [5, 5.41) is 0. The van der Waals surface area contributed by atoms with Gasteiger partial charge < -0.3 is 9.47 Å². The summed E-state index contributed by atoms with van der Waals surface area (Å²) >= 11 is 0. The van der Waals surface area contributed by atoms with Crippen molar-refractivity contribution in [2.75, 3.05) is 7.11 Å². The molecule has 2 unspecified atom stereocenters. The topological polar surface area (TPSA) is 52.6 Å². The summed E-state index contributed by atoms with van der Waals surface area (Å²) in [6.45, 7) is 15.7. The van der Waals surface area contributed by atoms with E-state index >= 15 is 0 Å². The Labute approximate surface area is 191 Å². The average Bonchev–Trinajstić information content (AvgIpc) is 2.77. The first-order valence-corrected chi connectivity index (χ1v) is 11.0. The molecule has 0 radical (unpaired) electrons. The van der Waals surface area contributed by atoms with E-state index in [4.69, 9.17) is 9.47 Å². The second kappa shape index (κ2) is 9.15. The predicted octanol–water partition coefficient (Wildman–Crippen LogP) is 6.14. The van der Waals surface area contributed by atoms with E-state index in [9.17, 15) is 9.59 Å². The molecule has 1 fully saturated rings. The predicted molar refractivity (Wildman–Crippen MR) is 127 cm³/mol. The van der Waals surface area contributed by atoms with Crippen molar-refractivity contribution in [2.45, 2.75) is 45.1 Å². The Morgan fingerprint density at radius 1 is 1.16 bits per heavy atom. The molecule has 1 aromatic carbocycles. The minimum atomic E-state index is -0.786. The lowest BCUT2D eigenvalue weighted by Gasteiger charge is -2.52. The lowest BCUT2D eigenvalue weighted by molar-refractivity contribution is -0.120. The Balaban J connectivity index is 2.35. The quantitative estimate of drug-likeness (QED) is 0.267. The number of ether oxygens (including phenoxy) is 2. The Morgan fingerprint density at radius 2 is 1.84 bits per heavy atom. The fraction of sp³-hybridized carbons (Fsp3) is 0.357. The molecule has 1 aliphatic carbocycles. The van der Waals surface area contributed by atoms with Crippen molar-refractivity contribution >= 4 is 11.6 Å². The molecule has 0 N–H and O–H groups in total. The largest absolute Gasteiger partial charge is 0.500 e. The van der Waals surface area contributed by atoms with E-state index in [2.05, 4.69) is 19.7 Å². The SMILES string of the molecule is C=CCC1=C(OC)C2(CC=C)CC(CC=C)C(C)(C)OC2=C(C(=O)c2ccccc2)C1=O. The zero-order valence-corrected chi connectivity index (χ0v) is 19.3. The highest BCUT2D eigenvalue weighted by Crippen LogP contribution is 2.58. The molecule has 2 aliphatic rings. The Morgan fingerprint density at radius 3 is 2.41 bits per heavy atom. The van der Waals surface area contributed by atoms with Gasteiger partial charge in [-0.05, 0) is 39.5 Å². The van der Waals surface area contributed by atoms with E-state index in [0.29, 0.717) is 41.9 Å². The van der Waals surface area contributed by atoms with Gasteiger partial charge in [0.1, 0.15) is 22.7 Å². The summed E-state index contributed by atoms with van der Waals surface area (Å²) in [5.74, 6) is 0.356. The molecular weight excluding hydrogens is 400 g/mol. The fourth-order valence-corrected chi connectivity index (χ4v) is 5.01. The van der Waals surface area contributed by atoms with Crippen LogP contribution in [-0.2, 0) is 14.3 Å². The number of fused-ring (bicyclic) bond motifs is 1. The number of benzene rings is 1. The van der Waals surface area contributed by atoms with Crippen molar-refractivity contribution in [2.24, 2.45) is 11.3 Å². The van der Waals surface area contributed by atoms with Crippen LogP contribution < -0.4 is 0 Å². The number of methoxy groups -OCH3 is 1. The van der Waals surface area contributed by atoms with Crippen molar-refractivity contribution in [3.63, 3.8) is 0 Å². The summed E-state index contributed by atoms with van der Waals surface area (Å²) in [4.78, 5) is 27.4. The van der Waals surface area contributed by atoms with E-state index in [-0.39, 0.29) is 23.1 Å². The Bertz CT molecular complexity index is 1010. The van der Waals surface area contributed by atoms with Crippen molar-refractivity contribution < 1.29 is 19.1 Å². The molecule has 1 heterocycles. The van der Waals surface area contributed by atoms with E-state index in [0.717, 1.165) is 6.42 Å². The minimum Gasteiger partial charge on any atom is -0.500 e. The molecule has 0 spiro atoms. The van der Waals surface area contributed by atoms with Crippen LogP contribution in [-0.4, -0.2) is 24.3 Å². The Hall–Kier alpha value is -3.14. The van der Waals surface area contributed by atoms with Crippen LogP contribution in [0.15, 0.2) is 91.0 Å². The van der Waals surface area contributed by atoms with Crippen LogP contribution in [0, 0.1) is 11.3 Å². The maximum absolute atomic E-state index is 13.7. The van der Waals surface area contributed by atoms with Gasteiger partial charge in [0, 0.05) is 17.1 Å². The molecule has 3 rings (SSSR count). The molecule has 2 atom stereocenters. The third-order valence-electron chi connectivity index (χ3n) is 6.57. The van der Waals surface area contributed by atoms with Crippen LogP contribution in [0.5, 0.6) is 0 Å².